The maximum absolute atomic E-state index is 12.2. The summed E-state index contributed by atoms with van der Waals surface area (Å²) < 4.78 is 15.4. The molecule has 1 aromatic carbocycles. The van der Waals surface area contributed by atoms with Crippen molar-refractivity contribution in [3.8, 4) is 5.75 Å². The average molecular weight is 329 g/mol. The van der Waals surface area contributed by atoms with Gasteiger partial charge in [0, 0.05) is 22.6 Å². The number of phenolic OH excluding ortho intramolecular Hbond substituents is 1. The molecule has 124 valence electrons. The van der Waals surface area contributed by atoms with Crippen LogP contribution in [0.5, 0.6) is 5.75 Å². The molecule has 7 nitrogen and oxygen atoms in total. The van der Waals surface area contributed by atoms with Gasteiger partial charge in [-0.15, -0.1) is 0 Å². The Hall–Kier alpha value is -3.09. The largest absolute Gasteiger partial charge is 0.508 e. The minimum absolute atomic E-state index is 0.0236. The molecular weight excluding hydrogens is 314 g/mol. The lowest BCUT2D eigenvalue weighted by atomic mass is 10.1. The summed E-state index contributed by atoms with van der Waals surface area (Å²) in [6.45, 7) is 4.79. The van der Waals surface area contributed by atoms with Crippen molar-refractivity contribution in [3.63, 3.8) is 0 Å². The minimum atomic E-state index is -0.584. The van der Waals surface area contributed by atoms with E-state index in [2.05, 4.69) is 5.16 Å². The molecule has 0 bridgehead atoms. The third-order valence-corrected chi connectivity index (χ3v) is 3.81. The van der Waals surface area contributed by atoms with Crippen LogP contribution in [0.2, 0.25) is 0 Å². The Morgan fingerprint density at radius 3 is 2.71 bits per heavy atom. The van der Waals surface area contributed by atoms with E-state index < -0.39 is 11.6 Å². The summed E-state index contributed by atoms with van der Waals surface area (Å²) in [5, 5.41) is 14.0. The minimum Gasteiger partial charge on any atom is -0.508 e. The van der Waals surface area contributed by atoms with Crippen molar-refractivity contribution in [2.45, 2.75) is 27.4 Å². The number of aromatic nitrogens is 1. The Morgan fingerprint density at radius 2 is 2.04 bits per heavy atom. The number of esters is 1. The van der Waals surface area contributed by atoms with Crippen LogP contribution < -0.4 is 5.63 Å². The maximum atomic E-state index is 12.2. The van der Waals surface area contributed by atoms with Gasteiger partial charge in [-0.25, -0.2) is 9.59 Å². The first-order chi connectivity index (χ1) is 11.4. The number of carbonyl (C=O) groups is 1. The molecule has 3 rings (SSSR count). The van der Waals surface area contributed by atoms with E-state index in [1.54, 1.807) is 26.8 Å². The summed E-state index contributed by atoms with van der Waals surface area (Å²) in [4.78, 5) is 23.9. The van der Waals surface area contributed by atoms with Crippen LogP contribution in [-0.4, -0.2) is 16.2 Å². The summed E-state index contributed by atoms with van der Waals surface area (Å²) in [7, 11) is 0. The van der Waals surface area contributed by atoms with E-state index in [0.29, 0.717) is 28.0 Å². The first-order valence-corrected chi connectivity index (χ1v) is 7.23. The predicted octanol–water partition coefficient (Wildman–Crippen LogP) is 2.77. The molecule has 0 aliphatic carbocycles. The van der Waals surface area contributed by atoms with E-state index in [4.69, 9.17) is 13.7 Å². The molecule has 0 amide bonds. The standard InChI is InChI=1S/C17H15NO6/c1-8-13(19)5-4-12-11(6-14(20)23-16(8)12)7-22-17(21)15-9(2)18-24-10(15)3/h4-6,19H,7H2,1-3H3. The van der Waals surface area contributed by atoms with Crippen molar-refractivity contribution < 1.29 is 23.6 Å². The fourth-order valence-corrected chi connectivity index (χ4v) is 2.53. The van der Waals surface area contributed by atoms with Crippen LogP contribution in [0.15, 0.2) is 31.9 Å². The van der Waals surface area contributed by atoms with Crippen LogP contribution >= 0.6 is 0 Å². The molecule has 0 unspecified atom stereocenters. The van der Waals surface area contributed by atoms with Crippen LogP contribution in [0.1, 0.15) is 32.9 Å². The van der Waals surface area contributed by atoms with Gasteiger partial charge in [-0.2, -0.15) is 0 Å². The van der Waals surface area contributed by atoms with Crippen LogP contribution in [0.25, 0.3) is 11.0 Å². The molecule has 0 spiro atoms. The summed E-state index contributed by atoms with van der Waals surface area (Å²) in [5.41, 5.74) is 1.34. The highest BCUT2D eigenvalue weighted by Gasteiger charge is 2.20. The topological polar surface area (TPSA) is 103 Å². The third kappa shape index (κ3) is 2.64. The highest BCUT2D eigenvalue weighted by Crippen LogP contribution is 2.27. The zero-order valence-corrected chi connectivity index (χ0v) is 13.4. The number of ether oxygens (including phenoxy) is 1. The second kappa shape index (κ2) is 5.84. The zero-order valence-electron chi connectivity index (χ0n) is 13.4. The van der Waals surface area contributed by atoms with E-state index >= 15 is 0 Å². The van der Waals surface area contributed by atoms with Gasteiger partial charge in [-0.05, 0) is 32.9 Å². The summed E-state index contributed by atoms with van der Waals surface area (Å²) in [6.07, 6.45) is 0. The van der Waals surface area contributed by atoms with E-state index in [1.807, 2.05) is 0 Å². The van der Waals surface area contributed by atoms with Gasteiger partial charge in [0.15, 0.2) is 0 Å². The fourth-order valence-electron chi connectivity index (χ4n) is 2.53. The SMILES string of the molecule is Cc1noc(C)c1C(=O)OCc1cc(=O)oc2c(C)c(O)ccc12. The second-order valence-corrected chi connectivity index (χ2v) is 5.45. The normalized spacial score (nSPS) is 11.0. The quantitative estimate of drug-likeness (QED) is 0.582. The number of aryl methyl sites for hydroxylation is 3. The maximum Gasteiger partial charge on any atom is 0.344 e. The lowest BCUT2D eigenvalue weighted by Gasteiger charge is -2.09. The number of fused-ring (bicyclic) bond motifs is 1. The number of carbonyl (C=O) groups excluding carboxylic acids is 1. The summed E-state index contributed by atoms with van der Waals surface area (Å²) >= 11 is 0. The molecule has 0 fully saturated rings. The van der Waals surface area contributed by atoms with Crippen molar-refractivity contribution in [1.29, 1.82) is 0 Å². The fraction of sp³-hybridized carbons (Fsp3) is 0.235. The highest BCUT2D eigenvalue weighted by atomic mass is 16.5. The van der Waals surface area contributed by atoms with E-state index in [9.17, 15) is 14.7 Å². The van der Waals surface area contributed by atoms with Gasteiger partial charge in [-0.1, -0.05) is 5.16 Å². The molecule has 24 heavy (non-hydrogen) atoms. The van der Waals surface area contributed by atoms with Gasteiger partial charge in [0.05, 0.1) is 5.69 Å². The molecule has 7 heteroatoms. The number of hydrogen-bond donors (Lipinski definition) is 1. The number of rotatable bonds is 3. The highest BCUT2D eigenvalue weighted by molar-refractivity contribution is 5.91. The van der Waals surface area contributed by atoms with Gasteiger partial charge < -0.3 is 18.8 Å². The van der Waals surface area contributed by atoms with E-state index in [-0.39, 0.29) is 23.5 Å². The summed E-state index contributed by atoms with van der Waals surface area (Å²) in [6, 6.07) is 4.37. The molecule has 0 atom stereocenters. The number of nitrogens with zero attached hydrogens (tertiary/aromatic N) is 1. The Morgan fingerprint density at radius 1 is 1.29 bits per heavy atom. The van der Waals surface area contributed by atoms with Crippen LogP contribution in [0.3, 0.4) is 0 Å². The van der Waals surface area contributed by atoms with Crippen LogP contribution in [0, 0.1) is 20.8 Å². The predicted molar refractivity (Wildman–Crippen MR) is 84.0 cm³/mol. The van der Waals surface area contributed by atoms with Crippen molar-refractivity contribution in [2.75, 3.05) is 0 Å². The molecule has 0 saturated heterocycles. The average Bonchev–Trinajstić information content (AvgIpc) is 2.87. The number of aromatic hydroxyl groups is 1. The summed E-state index contributed by atoms with van der Waals surface area (Å²) in [5.74, 6) is -0.186. The Balaban J connectivity index is 1.95. The monoisotopic (exact) mass is 329 g/mol. The molecule has 0 aliphatic heterocycles. The zero-order chi connectivity index (χ0) is 17.4. The molecule has 2 aromatic heterocycles. The molecular formula is C17H15NO6. The van der Waals surface area contributed by atoms with Crippen LogP contribution in [-0.2, 0) is 11.3 Å². The smallest absolute Gasteiger partial charge is 0.344 e. The third-order valence-electron chi connectivity index (χ3n) is 3.81. The molecule has 0 radical (unpaired) electrons. The van der Waals surface area contributed by atoms with Crippen LogP contribution in [0.4, 0.5) is 0 Å². The number of benzene rings is 1. The molecule has 0 saturated carbocycles. The van der Waals surface area contributed by atoms with Crippen molar-refractivity contribution in [1.82, 2.24) is 5.16 Å². The lowest BCUT2D eigenvalue weighted by molar-refractivity contribution is 0.0471. The Bertz CT molecular complexity index is 979. The van der Waals surface area contributed by atoms with Gasteiger partial charge in [0.2, 0.25) is 0 Å². The first kappa shape index (κ1) is 15.8. The van der Waals surface area contributed by atoms with Gasteiger partial charge in [0.1, 0.15) is 29.3 Å². The van der Waals surface area contributed by atoms with E-state index in [0.717, 1.165) is 0 Å². The second-order valence-electron chi connectivity index (χ2n) is 5.45. The van der Waals surface area contributed by atoms with Crippen molar-refractivity contribution in [2.24, 2.45) is 0 Å². The Kier molecular flexibility index (Phi) is 3.84. The molecule has 3 aromatic rings. The van der Waals surface area contributed by atoms with Gasteiger partial charge >= 0.3 is 11.6 Å². The first-order valence-electron chi connectivity index (χ1n) is 7.23. The molecule has 1 N–H and O–H groups in total. The lowest BCUT2D eigenvalue weighted by Crippen LogP contribution is -2.09. The number of hydrogen-bond acceptors (Lipinski definition) is 7. The Labute approximate surface area is 136 Å². The molecule has 0 aliphatic rings. The van der Waals surface area contributed by atoms with Gasteiger partial charge in [-0.3, -0.25) is 0 Å². The molecule has 2 heterocycles. The van der Waals surface area contributed by atoms with Crippen molar-refractivity contribution in [3.05, 3.63) is 56.8 Å². The van der Waals surface area contributed by atoms with E-state index in [1.165, 1.54) is 12.1 Å². The van der Waals surface area contributed by atoms with Crippen molar-refractivity contribution >= 4 is 16.9 Å². The number of phenols is 1. The van der Waals surface area contributed by atoms with Gasteiger partial charge in [0.25, 0.3) is 0 Å².